The fraction of sp³-hybridized carbons (Fsp3) is 0.769. The third kappa shape index (κ3) is 5.60. The number of rotatable bonds is 8. The maximum Gasteiger partial charge on any atom is 0.209 e. The van der Waals surface area contributed by atoms with Crippen LogP contribution in [0.15, 0.2) is 6.07 Å². The Hall–Kier alpha value is -0.920. The van der Waals surface area contributed by atoms with E-state index in [2.05, 4.69) is 35.1 Å². The summed E-state index contributed by atoms with van der Waals surface area (Å²) in [6, 6.07) is 2.09. The van der Waals surface area contributed by atoms with Gasteiger partial charge in [-0.05, 0) is 33.3 Å². The fourth-order valence-electron chi connectivity index (χ4n) is 2.14. The van der Waals surface area contributed by atoms with Crippen LogP contribution in [0, 0.1) is 0 Å². The Morgan fingerprint density at radius 3 is 2.50 bits per heavy atom. The predicted octanol–water partition coefficient (Wildman–Crippen LogP) is 0.883. The van der Waals surface area contributed by atoms with Crippen LogP contribution < -0.4 is 10.0 Å². The van der Waals surface area contributed by atoms with Gasteiger partial charge in [0.15, 0.2) is 0 Å². The maximum absolute atomic E-state index is 11.3. The van der Waals surface area contributed by atoms with Crippen molar-refractivity contribution in [3.8, 4) is 0 Å². The van der Waals surface area contributed by atoms with Gasteiger partial charge >= 0.3 is 0 Å². The molecule has 20 heavy (non-hydrogen) atoms. The zero-order valence-electron chi connectivity index (χ0n) is 13.0. The summed E-state index contributed by atoms with van der Waals surface area (Å²) in [5, 5.41) is 7.78. The molecule has 1 aromatic rings. The van der Waals surface area contributed by atoms with E-state index < -0.39 is 15.6 Å². The van der Waals surface area contributed by atoms with Gasteiger partial charge in [-0.25, -0.2) is 13.1 Å². The van der Waals surface area contributed by atoms with Crippen LogP contribution in [0.25, 0.3) is 0 Å². The van der Waals surface area contributed by atoms with Crippen LogP contribution >= 0.6 is 0 Å². The number of hydrogen-bond acceptors (Lipinski definition) is 4. The minimum Gasteiger partial charge on any atom is -0.309 e. The topological polar surface area (TPSA) is 76.0 Å². The van der Waals surface area contributed by atoms with E-state index in [9.17, 15) is 8.42 Å². The highest BCUT2D eigenvalue weighted by Crippen LogP contribution is 2.07. The van der Waals surface area contributed by atoms with E-state index in [-0.39, 0.29) is 0 Å². The van der Waals surface area contributed by atoms with Crippen LogP contribution in [0.2, 0.25) is 0 Å². The van der Waals surface area contributed by atoms with Gasteiger partial charge in [0.05, 0.1) is 17.6 Å². The molecule has 1 aromatic heterocycles. The van der Waals surface area contributed by atoms with Gasteiger partial charge in [0.25, 0.3) is 0 Å². The SMILES string of the molecule is CCc1cc(CNCC(C)(C)NS(C)(=O)=O)n(CC)n1. The number of nitrogens with zero attached hydrogens (tertiary/aromatic N) is 2. The number of aromatic nitrogens is 2. The first-order valence-electron chi connectivity index (χ1n) is 6.92. The molecule has 0 saturated carbocycles. The number of sulfonamides is 1. The lowest BCUT2D eigenvalue weighted by Gasteiger charge is -2.25. The van der Waals surface area contributed by atoms with E-state index in [0.717, 1.165) is 24.4 Å². The number of hydrogen-bond donors (Lipinski definition) is 2. The average Bonchev–Trinajstić information content (AvgIpc) is 2.68. The zero-order valence-corrected chi connectivity index (χ0v) is 13.8. The molecular formula is C13H26N4O2S. The predicted molar refractivity (Wildman–Crippen MR) is 81.0 cm³/mol. The van der Waals surface area contributed by atoms with Gasteiger partial charge in [0.1, 0.15) is 0 Å². The first-order valence-corrected chi connectivity index (χ1v) is 8.81. The summed E-state index contributed by atoms with van der Waals surface area (Å²) in [4.78, 5) is 0. The van der Waals surface area contributed by atoms with Gasteiger partial charge in [0, 0.05) is 25.2 Å². The van der Waals surface area contributed by atoms with E-state index in [4.69, 9.17) is 0 Å². The van der Waals surface area contributed by atoms with Crippen LogP contribution in [0.5, 0.6) is 0 Å². The van der Waals surface area contributed by atoms with Crippen LogP contribution in [0.1, 0.15) is 39.1 Å². The number of aryl methyl sites for hydroxylation is 2. The van der Waals surface area contributed by atoms with Crippen molar-refractivity contribution in [3.63, 3.8) is 0 Å². The molecule has 0 saturated heterocycles. The summed E-state index contributed by atoms with van der Waals surface area (Å²) in [5.74, 6) is 0. The third-order valence-corrected chi connectivity index (χ3v) is 3.83. The largest absolute Gasteiger partial charge is 0.309 e. The minimum absolute atomic E-state index is 0.516. The Balaban J connectivity index is 2.58. The molecule has 0 atom stereocenters. The van der Waals surface area contributed by atoms with E-state index >= 15 is 0 Å². The molecule has 0 unspecified atom stereocenters. The second-order valence-electron chi connectivity index (χ2n) is 5.66. The van der Waals surface area contributed by atoms with Gasteiger partial charge in [-0.1, -0.05) is 6.92 Å². The van der Waals surface area contributed by atoms with Gasteiger partial charge in [0.2, 0.25) is 10.0 Å². The van der Waals surface area contributed by atoms with Crippen molar-refractivity contribution in [1.29, 1.82) is 0 Å². The average molecular weight is 302 g/mol. The van der Waals surface area contributed by atoms with Crippen LogP contribution in [0.4, 0.5) is 0 Å². The quantitative estimate of drug-likeness (QED) is 0.747. The monoisotopic (exact) mass is 302 g/mol. The summed E-state index contributed by atoms with van der Waals surface area (Å²) >= 11 is 0. The van der Waals surface area contributed by atoms with Crippen molar-refractivity contribution in [1.82, 2.24) is 19.8 Å². The van der Waals surface area contributed by atoms with Crippen molar-refractivity contribution in [2.75, 3.05) is 12.8 Å². The fourth-order valence-corrected chi connectivity index (χ4v) is 3.22. The first-order chi connectivity index (χ1) is 9.17. The lowest BCUT2D eigenvalue weighted by atomic mass is 10.1. The Morgan fingerprint density at radius 2 is 2.00 bits per heavy atom. The van der Waals surface area contributed by atoms with Gasteiger partial charge in [-0.2, -0.15) is 5.10 Å². The normalized spacial score (nSPS) is 12.8. The van der Waals surface area contributed by atoms with E-state index in [0.29, 0.717) is 13.1 Å². The van der Waals surface area contributed by atoms with Gasteiger partial charge < -0.3 is 5.32 Å². The molecule has 2 N–H and O–H groups in total. The van der Waals surface area contributed by atoms with Crippen LogP contribution in [0.3, 0.4) is 0 Å². The lowest BCUT2D eigenvalue weighted by Crippen LogP contribution is -2.49. The molecule has 0 aliphatic heterocycles. The zero-order chi connectivity index (χ0) is 15.4. The Bertz CT molecular complexity index is 535. The maximum atomic E-state index is 11.3. The lowest BCUT2D eigenvalue weighted by molar-refractivity contribution is 0.416. The van der Waals surface area contributed by atoms with Crippen molar-refractivity contribution in [2.24, 2.45) is 0 Å². The molecule has 0 aliphatic carbocycles. The Kier molecular flexibility index (Phi) is 5.73. The van der Waals surface area contributed by atoms with Crippen molar-refractivity contribution >= 4 is 10.0 Å². The number of nitrogens with one attached hydrogen (secondary N) is 2. The van der Waals surface area contributed by atoms with Gasteiger partial charge in [-0.15, -0.1) is 0 Å². The molecule has 1 rings (SSSR count). The van der Waals surface area contributed by atoms with E-state index in [1.54, 1.807) is 0 Å². The smallest absolute Gasteiger partial charge is 0.209 e. The van der Waals surface area contributed by atoms with Crippen molar-refractivity contribution < 1.29 is 8.42 Å². The summed E-state index contributed by atoms with van der Waals surface area (Å²) in [6.07, 6.45) is 2.09. The highest BCUT2D eigenvalue weighted by atomic mass is 32.2. The Labute approximate surface area is 122 Å². The Morgan fingerprint density at radius 1 is 1.35 bits per heavy atom. The summed E-state index contributed by atoms with van der Waals surface area (Å²) in [7, 11) is -3.20. The summed E-state index contributed by atoms with van der Waals surface area (Å²) in [6.45, 7) is 9.92. The minimum atomic E-state index is -3.20. The molecule has 7 heteroatoms. The highest BCUT2D eigenvalue weighted by molar-refractivity contribution is 7.88. The molecule has 0 amide bonds. The second kappa shape index (κ2) is 6.69. The molecule has 0 bridgehead atoms. The first kappa shape index (κ1) is 17.1. The summed E-state index contributed by atoms with van der Waals surface area (Å²) < 4.78 is 27.1. The molecule has 1 heterocycles. The summed E-state index contributed by atoms with van der Waals surface area (Å²) in [5.41, 5.74) is 1.69. The van der Waals surface area contributed by atoms with Crippen LogP contribution in [-0.2, 0) is 29.5 Å². The molecular weight excluding hydrogens is 276 g/mol. The molecule has 0 aromatic carbocycles. The van der Waals surface area contributed by atoms with Gasteiger partial charge in [-0.3, -0.25) is 4.68 Å². The van der Waals surface area contributed by atoms with E-state index in [1.807, 2.05) is 18.5 Å². The third-order valence-electron chi connectivity index (χ3n) is 2.91. The molecule has 6 nitrogen and oxygen atoms in total. The molecule has 0 fully saturated rings. The second-order valence-corrected chi connectivity index (χ2v) is 7.41. The molecule has 0 aliphatic rings. The molecule has 116 valence electrons. The van der Waals surface area contributed by atoms with Crippen LogP contribution in [-0.4, -0.2) is 36.5 Å². The van der Waals surface area contributed by atoms with E-state index in [1.165, 1.54) is 6.26 Å². The standard InChI is InChI=1S/C13H26N4O2S/c1-6-11-8-12(17(7-2)15-11)9-14-10-13(3,4)16-20(5,18)19/h8,14,16H,6-7,9-10H2,1-5H3. The van der Waals surface area contributed by atoms with Crippen molar-refractivity contribution in [2.45, 2.75) is 52.7 Å². The highest BCUT2D eigenvalue weighted by Gasteiger charge is 2.21. The van der Waals surface area contributed by atoms with Crippen molar-refractivity contribution in [3.05, 3.63) is 17.5 Å². The molecule has 0 spiro atoms. The molecule has 0 radical (unpaired) electrons.